The van der Waals surface area contributed by atoms with Gasteiger partial charge < -0.3 is 0 Å². The maximum atomic E-state index is 8.94. The van der Waals surface area contributed by atoms with Gasteiger partial charge in [-0.05, 0) is 5.04 Å². The molecule has 0 bridgehead atoms. The van der Waals surface area contributed by atoms with Gasteiger partial charge in [0.2, 0.25) is 0 Å². The van der Waals surface area contributed by atoms with Crippen LogP contribution in [0.2, 0.25) is 23.7 Å². The molecule has 1 nitrogen and oxygen atoms in total. The number of allylic oxidation sites excluding steroid dienone is 1. The van der Waals surface area contributed by atoms with E-state index in [0.29, 0.717) is 0 Å². The lowest BCUT2D eigenvalue weighted by Gasteiger charge is -2.39. The standard InChI is InChI=1S/C10H19NSi/c1-7-9(8-11)12(5,6)10(2,3)4/h7,9H,1H2,2-6H3. The van der Waals surface area contributed by atoms with E-state index < -0.39 is 8.07 Å². The van der Waals surface area contributed by atoms with Gasteiger partial charge in [0.15, 0.2) is 0 Å². The Bertz CT molecular complexity index is 205. The predicted octanol–water partition coefficient (Wildman–Crippen LogP) is 3.57. The normalized spacial score (nSPS) is 15.0. The van der Waals surface area contributed by atoms with Gasteiger partial charge in [0.25, 0.3) is 0 Å². The summed E-state index contributed by atoms with van der Waals surface area (Å²) in [6.07, 6.45) is 1.80. The van der Waals surface area contributed by atoms with Gasteiger partial charge in [-0.3, -0.25) is 0 Å². The van der Waals surface area contributed by atoms with Crippen LogP contribution >= 0.6 is 0 Å². The molecule has 0 spiro atoms. The highest BCUT2D eigenvalue weighted by atomic mass is 28.3. The molecule has 0 heterocycles. The van der Waals surface area contributed by atoms with Gasteiger partial charge in [0, 0.05) is 0 Å². The second kappa shape index (κ2) is 3.45. The number of nitriles is 1. The van der Waals surface area contributed by atoms with Crippen molar-refractivity contribution in [2.75, 3.05) is 0 Å². The Kier molecular flexibility index (Phi) is 3.29. The summed E-state index contributed by atoms with van der Waals surface area (Å²) in [6, 6.07) is 2.34. The summed E-state index contributed by atoms with van der Waals surface area (Å²) < 4.78 is 0. The van der Waals surface area contributed by atoms with Crippen LogP contribution in [0.15, 0.2) is 12.7 Å². The van der Waals surface area contributed by atoms with Crippen molar-refractivity contribution in [3.63, 3.8) is 0 Å². The molecule has 0 aromatic rings. The van der Waals surface area contributed by atoms with Gasteiger partial charge in [-0.1, -0.05) is 39.9 Å². The third-order valence-corrected chi connectivity index (χ3v) is 8.87. The minimum atomic E-state index is -1.51. The molecule has 68 valence electrons. The molecule has 0 rings (SSSR count). The van der Waals surface area contributed by atoms with Crippen molar-refractivity contribution in [2.45, 2.75) is 44.4 Å². The second-order valence-electron chi connectivity index (χ2n) is 4.81. The fraction of sp³-hybridized carbons (Fsp3) is 0.700. The summed E-state index contributed by atoms with van der Waals surface area (Å²) in [6.45, 7) is 14.9. The van der Waals surface area contributed by atoms with Crippen LogP contribution in [0.4, 0.5) is 0 Å². The molecule has 1 atom stereocenters. The number of rotatable bonds is 2. The summed E-state index contributed by atoms with van der Waals surface area (Å²) in [5.41, 5.74) is 0.0671. The summed E-state index contributed by atoms with van der Waals surface area (Å²) in [5, 5.41) is 9.20. The Morgan fingerprint density at radius 3 is 1.92 bits per heavy atom. The Hall–Kier alpha value is -0.553. The van der Waals surface area contributed by atoms with Crippen LogP contribution in [-0.2, 0) is 0 Å². The smallest absolute Gasteiger partial charge is 0.0771 e. The fourth-order valence-electron chi connectivity index (χ4n) is 0.975. The van der Waals surface area contributed by atoms with E-state index in [4.69, 9.17) is 5.26 Å². The van der Waals surface area contributed by atoms with E-state index in [1.165, 1.54) is 0 Å². The van der Waals surface area contributed by atoms with Gasteiger partial charge in [-0.25, -0.2) is 0 Å². The molecule has 0 aliphatic rings. The summed E-state index contributed by atoms with van der Waals surface area (Å²) in [5.74, 6) is 0. The first-order chi connectivity index (χ1) is 5.27. The molecule has 0 saturated heterocycles. The van der Waals surface area contributed by atoms with Crippen molar-refractivity contribution < 1.29 is 0 Å². The van der Waals surface area contributed by atoms with Crippen LogP contribution in [0.5, 0.6) is 0 Å². The van der Waals surface area contributed by atoms with Crippen LogP contribution in [0.1, 0.15) is 20.8 Å². The molecule has 0 radical (unpaired) electrons. The van der Waals surface area contributed by atoms with E-state index >= 15 is 0 Å². The zero-order chi connectivity index (χ0) is 9.99. The third kappa shape index (κ3) is 1.98. The predicted molar refractivity (Wildman–Crippen MR) is 56.8 cm³/mol. The summed E-state index contributed by atoms with van der Waals surface area (Å²) in [7, 11) is -1.51. The first-order valence-corrected chi connectivity index (χ1v) is 7.37. The molecule has 2 heteroatoms. The van der Waals surface area contributed by atoms with Gasteiger partial charge in [-0.2, -0.15) is 5.26 Å². The van der Waals surface area contributed by atoms with Crippen LogP contribution in [-0.4, -0.2) is 8.07 Å². The molecular formula is C10H19NSi. The van der Waals surface area contributed by atoms with Crippen molar-refractivity contribution in [2.24, 2.45) is 0 Å². The van der Waals surface area contributed by atoms with E-state index in [2.05, 4.69) is 46.5 Å². The highest BCUT2D eigenvalue weighted by molar-refractivity contribution is 6.82. The zero-order valence-electron chi connectivity index (χ0n) is 8.81. The molecule has 0 amide bonds. The first-order valence-electron chi connectivity index (χ1n) is 4.29. The molecule has 0 aromatic heterocycles. The summed E-state index contributed by atoms with van der Waals surface area (Å²) in [4.78, 5) is 0. The maximum absolute atomic E-state index is 8.94. The van der Waals surface area contributed by atoms with Crippen molar-refractivity contribution in [3.8, 4) is 6.07 Å². The first kappa shape index (κ1) is 11.4. The minimum absolute atomic E-state index is 0.0671. The van der Waals surface area contributed by atoms with E-state index in [1.807, 2.05) is 0 Å². The lowest BCUT2D eigenvalue weighted by atomic mass is 10.2. The van der Waals surface area contributed by atoms with E-state index in [1.54, 1.807) is 6.08 Å². The highest BCUT2D eigenvalue weighted by Crippen LogP contribution is 2.43. The number of hydrogen-bond donors (Lipinski definition) is 0. The molecule has 0 fully saturated rings. The van der Waals surface area contributed by atoms with Crippen molar-refractivity contribution >= 4 is 8.07 Å². The Morgan fingerprint density at radius 2 is 1.83 bits per heavy atom. The number of hydrogen-bond acceptors (Lipinski definition) is 1. The van der Waals surface area contributed by atoms with Crippen LogP contribution in [0, 0.1) is 11.3 Å². The third-order valence-electron chi connectivity index (χ3n) is 3.09. The largest absolute Gasteiger partial charge is 0.198 e. The fourth-order valence-corrected chi connectivity index (χ4v) is 2.82. The molecule has 0 N–H and O–H groups in total. The average Bonchev–Trinajstić information content (AvgIpc) is 1.87. The minimum Gasteiger partial charge on any atom is -0.198 e. The molecule has 0 aliphatic heterocycles. The van der Waals surface area contributed by atoms with Crippen molar-refractivity contribution in [1.82, 2.24) is 0 Å². The molecule has 12 heavy (non-hydrogen) atoms. The Balaban J connectivity index is 4.85. The van der Waals surface area contributed by atoms with Gasteiger partial charge >= 0.3 is 0 Å². The van der Waals surface area contributed by atoms with Crippen LogP contribution < -0.4 is 0 Å². The maximum Gasteiger partial charge on any atom is 0.0771 e. The SMILES string of the molecule is C=CC(C#N)[Si](C)(C)C(C)(C)C. The molecule has 1 unspecified atom stereocenters. The highest BCUT2D eigenvalue weighted by Gasteiger charge is 2.40. The van der Waals surface area contributed by atoms with Gasteiger partial charge in [-0.15, -0.1) is 6.58 Å². The summed E-state index contributed by atoms with van der Waals surface area (Å²) >= 11 is 0. The lowest BCUT2D eigenvalue weighted by molar-refractivity contribution is 0.712. The zero-order valence-corrected chi connectivity index (χ0v) is 9.81. The second-order valence-corrected chi connectivity index (χ2v) is 10.4. The van der Waals surface area contributed by atoms with E-state index in [9.17, 15) is 0 Å². The van der Waals surface area contributed by atoms with Crippen molar-refractivity contribution in [1.29, 1.82) is 5.26 Å². The number of nitrogens with zero attached hydrogens (tertiary/aromatic N) is 1. The van der Waals surface area contributed by atoms with Gasteiger partial charge in [0.1, 0.15) is 0 Å². The molecule has 0 saturated carbocycles. The topological polar surface area (TPSA) is 23.8 Å². The van der Waals surface area contributed by atoms with Crippen molar-refractivity contribution in [3.05, 3.63) is 12.7 Å². The monoisotopic (exact) mass is 181 g/mol. The van der Waals surface area contributed by atoms with Crippen LogP contribution in [0.25, 0.3) is 0 Å². The van der Waals surface area contributed by atoms with E-state index in [0.717, 1.165) is 0 Å². The van der Waals surface area contributed by atoms with Crippen LogP contribution in [0.3, 0.4) is 0 Å². The molecular weight excluding hydrogens is 162 g/mol. The molecule has 0 aromatic carbocycles. The average molecular weight is 181 g/mol. The van der Waals surface area contributed by atoms with Gasteiger partial charge in [0.05, 0.1) is 19.7 Å². The Morgan fingerprint density at radius 1 is 1.42 bits per heavy atom. The quantitative estimate of drug-likeness (QED) is 0.472. The van der Waals surface area contributed by atoms with E-state index in [-0.39, 0.29) is 10.6 Å². The lowest BCUT2D eigenvalue weighted by Crippen LogP contribution is -2.40. The molecule has 0 aliphatic carbocycles. The Labute approximate surface area is 77.1 Å².